The van der Waals surface area contributed by atoms with Crippen LogP contribution in [0.4, 0.5) is 20.2 Å². The van der Waals surface area contributed by atoms with Crippen molar-refractivity contribution in [2.45, 2.75) is 4.90 Å². The van der Waals surface area contributed by atoms with Crippen LogP contribution in [0.3, 0.4) is 0 Å². The van der Waals surface area contributed by atoms with Crippen LogP contribution < -0.4 is 11.1 Å². The highest BCUT2D eigenvalue weighted by atomic mass is 32.2. The van der Waals surface area contributed by atoms with Gasteiger partial charge in [-0.1, -0.05) is 18.3 Å². The number of rotatable bonds is 4. The molecule has 2 rings (SSSR count). The van der Waals surface area contributed by atoms with E-state index in [1.165, 1.54) is 0 Å². The molecule has 0 amide bonds. The molecule has 0 aliphatic heterocycles. The smallest absolute Gasteiger partial charge is 0.150 e. The standard InChI is InChI=1S/C14H12F2N2S2/c1-20-10-4-2-3-9(7-10)18-13-11(15)5-8(14(17)19)6-12(13)16/h2-7,18H,1H3,(H2,17,19). The molecule has 0 aromatic heterocycles. The van der Waals surface area contributed by atoms with Gasteiger partial charge in [-0.05, 0) is 36.6 Å². The Kier molecular flexibility index (Phi) is 4.57. The first-order valence-electron chi connectivity index (χ1n) is 5.71. The fraction of sp³-hybridized carbons (Fsp3) is 0.0714. The van der Waals surface area contributed by atoms with E-state index in [4.69, 9.17) is 18.0 Å². The van der Waals surface area contributed by atoms with Crippen molar-refractivity contribution in [2.75, 3.05) is 11.6 Å². The van der Waals surface area contributed by atoms with E-state index in [-0.39, 0.29) is 16.2 Å². The van der Waals surface area contributed by atoms with E-state index in [1.807, 2.05) is 24.5 Å². The van der Waals surface area contributed by atoms with Gasteiger partial charge < -0.3 is 11.1 Å². The summed E-state index contributed by atoms with van der Waals surface area (Å²) in [6, 6.07) is 9.51. The van der Waals surface area contributed by atoms with Gasteiger partial charge in [-0.2, -0.15) is 0 Å². The summed E-state index contributed by atoms with van der Waals surface area (Å²) in [5.41, 5.74) is 5.92. The maximum absolute atomic E-state index is 13.9. The first-order valence-corrected chi connectivity index (χ1v) is 7.34. The maximum Gasteiger partial charge on any atom is 0.150 e. The van der Waals surface area contributed by atoms with Gasteiger partial charge in [0, 0.05) is 16.1 Å². The fourth-order valence-electron chi connectivity index (χ4n) is 1.68. The van der Waals surface area contributed by atoms with Crippen molar-refractivity contribution in [3.63, 3.8) is 0 Å². The highest BCUT2D eigenvalue weighted by Gasteiger charge is 2.12. The van der Waals surface area contributed by atoms with E-state index < -0.39 is 11.6 Å². The first kappa shape index (κ1) is 14.7. The Labute approximate surface area is 125 Å². The van der Waals surface area contributed by atoms with E-state index >= 15 is 0 Å². The lowest BCUT2D eigenvalue weighted by Crippen LogP contribution is -2.11. The summed E-state index contributed by atoms with van der Waals surface area (Å²) in [7, 11) is 0. The SMILES string of the molecule is CSc1cccc(Nc2c(F)cc(C(N)=S)cc2F)c1. The Morgan fingerprint density at radius 2 is 1.85 bits per heavy atom. The first-order chi connectivity index (χ1) is 9.51. The number of nitrogens with two attached hydrogens (primary N) is 1. The predicted molar refractivity (Wildman–Crippen MR) is 83.8 cm³/mol. The average molecular weight is 310 g/mol. The van der Waals surface area contributed by atoms with Gasteiger partial charge in [0.1, 0.15) is 22.3 Å². The second-order valence-corrected chi connectivity index (χ2v) is 5.36. The number of anilines is 2. The summed E-state index contributed by atoms with van der Waals surface area (Å²) in [5.74, 6) is -1.47. The van der Waals surface area contributed by atoms with E-state index in [0.717, 1.165) is 17.0 Å². The molecule has 0 aliphatic carbocycles. The molecule has 0 heterocycles. The molecule has 20 heavy (non-hydrogen) atoms. The Bertz CT molecular complexity index is 636. The zero-order valence-electron chi connectivity index (χ0n) is 10.6. The van der Waals surface area contributed by atoms with Crippen molar-refractivity contribution in [3.05, 3.63) is 53.6 Å². The molecule has 2 aromatic carbocycles. The summed E-state index contributed by atoms with van der Waals surface area (Å²) in [6.45, 7) is 0. The lowest BCUT2D eigenvalue weighted by Gasteiger charge is -2.11. The molecular weight excluding hydrogens is 298 g/mol. The lowest BCUT2D eigenvalue weighted by atomic mass is 10.1. The van der Waals surface area contributed by atoms with Crippen LogP contribution in [0, 0.1) is 11.6 Å². The normalized spacial score (nSPS) is 10.3. The van der Waals surface area contributed by atoms with Crippen molar-refractivity contribution < 1.29 is 8.78 Å². The summed E-state index contributed by atoms with van der Waals surface area (Å²) in [6.07, 6.45) is 1.93. The van der Waals surface area contributed by atoms with Gasteiger partial charge in [0.05, 0.1) is 0 Å². The fourth-order valence-corrected chi connectivity index (χ4v) is 2.26. The van der Waals surface area contributed by atoms with E-state index in [2.05, 4.69) is 5.32 Å². The minimum Gasteiger partial charge on any atom is -0.389 e. The summed E-state index contributed by atoms with van der Waals surface area (Å²) < 4.78 is 27.8. The van der Waals surface area contributed by atoms with Crippen LogP contribution in [0.5, 0.6) is 0 Å². The molecule has 0 radical (unpaired) electrons. The van der Waals surface area contributed by atoms with Gasteiger partial charge in [0.25, 0.3) is 0 Å². The van der Waals surface area contributed by atoms with Crippen LogP contribution in [-0.2, 0) is 0 Å². The minimum atomic E-state index is -0.734. The molecule has 6 heteroatoms. The molecule has 0 atom stereocenters. The molecule has 0 bridgehead atoms. The second kappa shape index (κ2) is 6.19. The summed E-state index contributed by atoms with van der Waals surface area (Å²) in [5, 5.41) is 2.73. The largest absolute Gasteiger partial charge is 0.389 e. The van der Waals surface area contributed by atoms with Crippen LogP contribution >= 0.6 is 24.0 Å². The van der Waals surface area contributed by atoms with Gasteiger partial charge in [-0.15, -0.1) is 11.8 Å². The van der Waals surface area contributed by atoms with Crippen LogP contribution in [0.2, 0.25) is 0 Å². The summed E-state index contributed by atoms with van der Waals surface area (Å²) in [4.78, 5) is 0.953. The third-order valence-corrected chi connectivity index (χ3v) is 3.63. The average Bonchev–Trinajstić information content (AvgIpc) is 2.42. The summed E-state index contributed by atoms with van der Waals surface area (Å²) >= 11 is 6.26. The Balaban J connectivity index is 2.36. The molecule has 3 N–H and O–H groups in total. The molecule has 2 nitrogen and oxygen atoms in total. The molecule has 0 saturated carbocycles. The number of thiocarbonyl (C=S) groups is 1. The Morgan fingerprint density at radius 3 is 2.40 bits per heavy atom. The van der Waals surface area contributed by atoms with Crippen molar-refractivity contribution in [2.24, 2.45) is 5.73 Å². The van der Waals surface area contributed by atoms with Gasteiger partial charge >= 0.3 is 0 Å². The number of hydrogen-bond acceptors (Lipinski definition) is 3. The molecule has 0 unspecified atom stereocenters. The minimum absolute atomic E-state index is 0.0428. The quantitative estimate of drug-likeness (QED) is 0.659. The van der Waals surface area contributed by atoms with Crippen LogP contribution in [0.1, 0.15) is 5.56 Å². The maximum atomic E-state index is 13.9. The third kappa shape index (κ3) is 3.26. The third-order valence-electron chi connectivity index (χ3n) is 2.67. The van der Waals surface area contributed by atoms with Crippen LogP contribution in [-0.4, -0.2) is 11.2 Å². The Hall–Kier alpha value is -1.66. The van der Waals surface area contributed by atoms with Crippen molar-refractivity contribution in [1.82, 2.24) is 0 Å². The lowest BCUT2D eigenvalue weighted by molar-refractivity contribution is 0.590. The molecule has 0 fully saturated rings. The molecule has 2 aromatic rings. The molecule has 0 spiro atoms. The van der Waals surface area contributed by atoms with Crippen LogP contribution in [0.25, 0.3) is 0 Å². The highest BCUT2D eigenvalue weighted by Crippen LogP contribution is 2.27. The topological polar surface area (TPSA) is 38.0 Å². The molecule has 104 valence electrons. The van der Waals surface area contributed by atoms with Gasteiger partial charge in [0.2, 0.25) is 0 Å². The van der Waals surface area contributed by atoms with E-state index in [1.54, 1.807) is 17.8 Å². The molecular formula is C14H12F2N2S2. The predicted octanol–water partition coefficient (Wildman–Crippen LogP) is 4.06. The highest BCUT2D eigenvalue weighted by molar-refractivity contribution is 7.98. The van der Waals surface area contributed by atoms with Gasteiger partial charge in [0.15, 0.2) is 0 Å². The van der Waals surface area contributed by atoms with Gasteiger partial charge in [-0.25, -0.2) is 8.78 Å². The monoisotopic (exact) mass is 310 g/mol. The van der Waals surface area contributed by atoms with E-state index in [9.17, 15) is 8.78 Å². The zero-order valence-corrected chi connectivity index (χ0v) is 12.2. The van der Waals surface area contributed by atoms with Crippen LogP contribution in [0.15, 0.2) is 41.3 Å². The van der Waals surface area contributed by atoms with Crippen molar-refractivity contribution in [1.29, 1.82) is 0 Å². The second-order valence-electron chi connectivity index (χ2n) is 4.04. The van der Waals surface area contributed by atoms with E-state index in [0.29, 0.717) is 5.69 Å². The number of hydrogen-bond donors (Lipinski definition) is 2. The number of nitrogens with one attached hydrogen (secondary N) is 1. The molecule has 0 saturated heterocycles. The molecule has 0 aliphatic rings. The number of thioether (sulfide) groups is 1. The number of halogens is 2. The number of benzene rings is 2. The van der Waals surface area contributed by atoms with Crippen molar-refractivity contribution in [3.8, 4) is 0 Å². The van der Waals surface area contributed by atoms with Crippen molar-refractivity contribution >= 4 is 40.3 Å². The van der Waals surface area contributed by atoms with Gasteiger partial charge in [-0.3, -0.25) is 0 Å². The Morgan fingerprint density at radius 1 is 1.20 bits per heavy atom. The zero-order chi connectivity index (χ0) is 14.7.